The van der Waals surface area contributed by atoms with Crippen molar-refractivity contribution in [1.29, 1.82) is 0 Å². The van der Waals surface area contributed by atoms with Gasteiger partial charge in [0.2, 0.25) is 0 Å². The zero-order valence-corrected chi connectivity index (χ0v) is 16.5. The van der Waals surface area contributed by atoms with E-state index in [9.17, 15) is 0 Å². The molecule has 0 heterocycles. The van der Waals surface area contributed by atoms with Gasteiger partial charge in [-0.1, -0.05) is 101 Å². The minimum absolute atomic E-state index is 1.31. The third kappa shape index (κ3) is 16.3. The van der Waals surface area contributed by atoms with E-state index in [1.165, 1.54) is 128 Å². The topological polar surface area (TPSA) is 0 Å². The van der Waals surface area contributed by atoms with E-state index in [1.807, 2.05) is 0 Å². The van der Waals surface area contributed by atoms with Gasteiger partial charge < -0.3 is 0 Å². The van der Waals surface area contributed by atoms with E-state index in [1.54, 1.807) is 0 Å². The molecular weight excluding hydrogens is 288 g/mol. The molecule has 1 aliphatic carbocycles. The van der Waals surface area contributed by atoms with Crippen molar-refractivity contribution in [2.45, 2.75) is 128 Å². The van der Waals surface area contributed by atoms with Crippen LogP contribution < -0.4 is 0 Å². The molecule has 0 aromatic carbocycles. The predicted molar refractivity (Wildman–Crippen MR) is 111 cm³/mol. The monoisotopic (exact) mass is 332 g/mol. The summed E-state index contributed by atoms with van der Waals surface area (Å²) >= 11 is 0. The lowest BCUT2D eigenvalue weighted by molar-refractivity contribution is 0.566. The van der Waals surface area contributed by atoms with Crippen LogP contribution in [0.15, 0.2) is 24.3 Å². The Morgan fingerprint density at radius 1 is 0.208 bits per heavy atom. The summed E-state index contributed by atoms with van der Waals surface area (Å²) in [5.41, 5.74) is 0. The van der Waals surface area contributed by atoms with Crippen molar-refractivity contribution in [3.63, 3.8) is 0 Å². The fourth-order valence-electron chi connectivity index (χ4n) is 3.64. The summed E-state index contributed by atoms with van der Waals surface area (Å²) in [4.78, 5) is 0. The Morgan fingerprint density at radius 3 is 0.583 bits per heavy atom. The largest absolute Gasteiger partial charge is 0.0885 e. The van der Waals surface area contributed by atoms with E-state index in [2.05, 4.69) is 24.3 Å². The molecule has 1 aliphatic rings. The van der Waals surface area contributed by atoms with Crippen LogP contribution in [-0.2, 0) is 0 Å². The highest BCUT2D eigenvalue weighted by Gasteiger charge is 1.93. The van der Waals surface area contributed by atoms with Crippen molar-refractivity contribution in [1.82, 2.24) is 0 Å². The second kappa shape index (κ2) is 18.8. The molecule has 0 nitrogen and oxygen atoms in total. The molecule has 0 bridgehead atoms. The maximum Gasteiger partial charge on any atom is -0.0351 e. The van der Waals surface area contributed by atoms with Gasteiger partial charge in [-0.3, -0.25) is 0 Å². The van der Waals surface area contributed by atoms with Crippen LogP contribution in [-0.4, -0.2) is 0 Å². The number of hydrogen-bond donors (Lipinski definition) is 0. The second-order valence-corrected chi connectivity index (χ2v) is 7.75. The van der Waals surface area contributed by atoms with Gasteiger partial charge in [-0.2, -0.15) is 0 Å². The van der Waals surface area contributed by atoms with Crippen molar-refractivity contribution < 1.29 is 0 Å². The highest BCUT2D eigenvalue weighted by molar-refractivity contribution is 4.82. The first kappa shape index (κ1) is 21.5. The molecule has 0 N–H and O–H groups in total. The molecular formula is C24H44. The SMILES string of the molecule is C1=CCCCCCCCCCCC=CCCCCCCCCCC1. The lowest BCUT2D eigenvalue weighted by atomic mass is 10.0. The standard InChI is InChI=1S/C24H44/c1-2-4-6-8-10-12-14-16-18-20-22-24-23-21-19-17-15-13-11-9-7-5-3-1/h1-2,23-24H,3-22H2. The van der Waals surface area contributed by atoms with Crippen LogP contribution in [0.4, 0.5) is 0 Å². The number of rotatable bonds is 0. The molecule has 0 saturated carbocycles. The molecule has 0 radical (unpaired) electrons. The highest BCUT2D eigenvalue weighted by Crippen LogP contribution is 2.13. The van der Waals surface area contributed by atoms with Crippen LogP contribution in [0.3, 0.4) is 0 Å². The van der Waals surface area contributed by atoms with Crippen molar-refractivity contribution in [3.05, 3.63) is 24.3 Å². The molecule has 0 aromatic rings. The molecule has 0 atom stereocenters. The fourth-order valence-corrected chi connectivity index (χ4v) is 3.64. The molecule has 1 rings (SSSR count). The smallest absolute Gasteiger partial charge is 0.0351 e. The van der Waals surface area contributed by atoms with Crippen LogP contribution in [0.1, 0.15) is 128 Å². The van der Waals surface area contributed by atoms with Crippen LogP contribution in [0.5, 0.6) is 0 Å². The van der Waals surface area contributed by atoms with E-state index < -0.39 is 0 Å². The summed E-state index contributed by atoms with van der Waals surface area (Å²) in [6, 6.07) is 0. The van der Waals surface area contributed by atoms with Crippen LogP contribution in [0, 0.1) is 0 Å². The Balaban J connectivity index is 2.09. The van der Waals surface area contributed by atoms with E-state index >= 15 is 0 Å². The normalized spacial score (nSPS) is 22.7. The Morgan fingerprint density at radius 2 is 0.375 bits per heavy atom. The summed E-state index contributed by atoms with van der Waals surface area (Å²) in [5, 5.41) is 0. The van der Waals surface area contributed by atoms with Gasteiger partial charge in [-0.15, -0.1) is 0 Å². The van der Waals surface area contributed by atoms with Gasteiger partial charge in [0.05, 0.1) is 0 Å². The first-order valence-electron chi connectivity index (χ1n) is 11.3. The molecule has 0 fully saturated rings. The van der Waals surface area contributed by atoms with Gasteiger partial charge in [0, 0.05) is 0 Å². The third-order valence-electron chi connectivity index (χ3n) is 5.32. The minimum Gasteiger partial charge on any atom is -0.0885 e. The Labute approximate surface area is 153 Å². The first-order valence-corrected chi connectivity index (χ1v) is 11.3. The summed E-state index contributed by atoms with van der Waals surface area (Å²) in [6.45, 7) is 0. The van der Waals surface area contributed by atoms with Gasteiger partial charge in [0.15, 0.2) is 0 Å². The predicted octanol–water partition coefficient (Wildman–Crippen LogP) is 8.91. The van der Waals surface area contributed by atoms with Crippen molar-refractivity contribution in [2.24, 2.45) is 0 Å². The molecule has 0 aromatic heterocycles. The van der Waals surface area contributed by atoms with Gasteiger partial charge >= 0.3 is 0 Å². The number of allylic oxidation sites excluding steroid dienone is 4. The fraction of sp³-hybridized carbons (Fsp3) is 0.833. The molecule has 0 aliphatic heterocycles. The summed E-state index contributed by atoms with van der Waals surface area (Å²) < 4.78 is 0. The van der Waals surface area contributed by atoms with Gasteiger partial charge in [0.25, 0.3) is 0 Å². The highest BCUT2D eigenvalue weighted by atomic mass is 14.0. The van der Waals surface area contributed by atoms with Gasteiger partial charge in [-0.25, -0.2) is 0 Å². The van der Waals surface area contributed by atoms with E-state index in [0.29, 0.717) is 0 Å². The van der Waals surface area contributed by atoms with Gasteiger partial charge in [-0.05, 0) is 51.4 Å². The minimum atomic E-state index is 1.31. The maximum absolute atomic E-state index is 2.44. The zero-order chi connectivity index (χ0) is 17.0. The Hall–Kier alpha value is -0.520. The van der Waals surface area contributed by atoms with Crippen LogP contribution in [0.25, 0.3) is 0 Å². The average Bonchev–Trinajstić information content (AvgIpc) is 2.59. The average molecular weight is 333 g/mol. The summed E-state index contributed by atoms with van der Waals surface area (Å²) in [6.07, 6.45) is 38.0. The molecule has 24 heavy (non-hydrogen) atoms. The van der Waals surface area contributed by atoms with E-state index in [0.717, 1.165) is 0 Å². The summed E-state index contributed by atoms with van der Waals surface area (Å²) in [5.74, 6) is 0. The molecule has 0 heteroatoms. The lowest BCUT2D eigenvalue weighted by Gasteiger charge is -2.02. The van der Waals surface area contributed by atoms with Crippen LogP contribution >= 0.6 is 0 Å². The lowest BCUT2D eigenvalue weighted by Crippen LogP contribution is -1.82. The molecule has 0 amide bonds. The summed E-state index contributed by atoms with van der Waals surface area (Å²) in [7, 11) is 0. The Bertz CT molecular complexity index is 228. The van der Waals surface area contributed by atoms with Crippen molar-refractivity contribution >= 4 is 0 Å². The van der Waals surface area contributed by atoms with Crippen LogP contribution in [0.2, 0.25) is 0 Å². The zero-order valence-electron chi connectivity index (χ0n) is 16.5. The van der Waals surface area contributed by atoms with Crippen molar-refractivity contribution in [3.8, 4) is 0 Å². The van der Waals surface area contributed by atoms with Crippen molar-refractivity contribution in [2.75, 3.05) is 0 Å². The molecule has 140 valence electrons. The van der Waals surface area contributed by atoms with Gasteiger partial charge in [0.1, 0.15) is 0 Å². The Kier molecular flexibility index (Phi) is 16.9. The molecule has 0 saturated heterocycles. The third-order valence-corrected chi connectivity index (χ3v) is 5.32. The maximum atomic E-state index is 2.44. The second-order valence-electron chi connectivity index (χ2n) is 7.75. The molecule has 0 spiro atoms. The van der Waals surface area contributed by atoms with E-state index in [4.69, 9.17) is 0 Å². The first-order chi connectivity index (χ1) is 12.0. The quantitative estimate of drug-likeness (QED) is 0.388. The number of hydrogen-bond acceptors (Lipinski definition) is 0. The molecule has 0 unspecified atom stereocenters. The van der Waals surface area contributed by atoms with E-state index in [-0.39, 0.29) is 0 Å².